The first-order valence-electron chi connectivity index (χ1n) is 5.73. The number of rotatable bonds is 0. The van der Waals surface area contributed by atoms with Crippen molar-refractivity contribution >= 4 is 0 Å². The van der Waals surface area contributed by atoms with Gasteiger partial charge in [-0.25, -0.2) is 9.59 Å². The fourth-order valence-corrected chi connectivity index (χ4v) is 1.61. The molecule has 0 spiro atoms. The lowest BCUT2D eigenvalue weighted by atomic mass is 9.86. The van der Waals surface area contributed by atoms with Gasteiger partial charge in [0.1, 0.15) is 0 Å². The average molecular weight is 236 g/mol. The molecule has 17 heavy (non-hydrogen) atoms. The minimum Gasteiger partial charge on any atom is -0.386 e. The summed E-state index contributed by atoms with van der Waals surface area (Å²) in [5.74, 6) is 0. The van der Waals surface area contributed by atoms with E-state index in [0.717, 1.165) is 0 Å². The topological polar surface area (TPSA) is 47.3 Å². The van der Waals surface area contributed by atoms with Gasteiger partial charge in [-0.15, -0.1) is 0 Å². The lowest BCUT2D eigenvalue weighted by Gasteiger charge is -2.16. The summed E-state index contributed by atoms with van der Waals surface area (Å²) in [7, 11) is 0. The summed E-state index contributed by atoms with van der Waals surface area (Å²) in [5, 5.41) is 0. The zero-order valence-electron chi connectivity index (χ0n) is 11.4. The molecule has 0 fully saturated rings. The van der Waals surface area contributed by atoms with Crippen LogP contribution in [-0.2, 0) is 10.8 Å². The summed E-state index contributed by atoms with van der Waals surface area (Å²) < 4.78 is 4.88. The van der Waals surface area contributed by atoms with Crippen molar-refractivity contribution in [1.29, 1.82) is 0 Å². The van der Waals surface area contributed by atoms with Gasteiger partial charge in [0.25, 0.3) is 0 Å². The Hall–Kier alpha value is -1.38. The van der Waals surface area contributed by atoms with E-state index in [2.05, 4.69) is 0 Å². The highest BCUT2D eigenvalue weighted by Crippen LogP contribution is 2.21. The number of hydrogen-bond acceptors (Lipinski definition) is 3. The normalized spacial score (nSPS) is 12.6. The molecule has 1 aromatic rings. The van der Waals surface area contributed by atoms with Crippen LogP contribution in [0.2, 0.25) is 0 Å². The Morgan fingerprint density at radius 2 is 1.06 bits per heavy atom. The van der Waals surface area contributed by atoms with E-state index in [1.807, 2.05) is 41.5 Å². The maximum absolute atomic E-state index is 11.8. The third-order valence-corrected chi connectivity index (χ3v) is 2.66. The highest BCUT2D eigenvalue weighted by molar-refractivity contribution is 5.23. The fraction of sp³-hybridized carbons (Fsp3) is 0.571. The smallest absolute Gasteiger partial charge is 0.342 e. The first kappa shape index (κ1) is 13.7. The molecule has 0 unspecified atom stereocenters. The van der Waals surface area contributed by atoms with Crippen LogP contribution in [0.15, 0.2) is 26.1 Å². The molecule has 1 heterocycles. The molecule has 0 atom stereocenters. The van der Waals surface area contributed by atoms with Crippen LogP contribution >= 0.6 is 0 Å². The van der Waals surface area contributed by atoms with E-state index in [9.17, 15) is 9.59 Å². The third-order valence-electron chi connectivity index (χ3n) is 2.66. The Morgan fingerprint density at radius 1 is 0.765 bits per heavy atom. The highest BCUT2D eigenvalue weighted by atomic mass is 16.4. The van der Waals surface area contributed by atoms with E-state index in [1.165, 1.54) is 0 Å². The van der Waals surface area contributed by atoms with E-state index in [0.29, 0.717) is 11.1 Å². The van der Waals surface area contributed by atoms with Crippen LogP contribution in [0, 0.1) is 0 Å². The van der Waals surface area contributed by atoms with Crippen molar-refractivity contribution in [3.8, 4) is 0 Å². The highest BCUT2D eigenvalue weighted by Gasteiger charge is 2.22. The van der Waals surface area contributed by atoms with Crippen molar-refractivity contribution in [3.63, 3.8) is 0 Å². The molecule has 0 amide bonds. The lowest BCUT2D eigenvalue weighted by Crippen LogP contribution is -2.23. The lowest BCUT2D eigenvalue weighted by molar-refractivity contribution is 0.434. The van der Waals surface area contributed by atoms with Crippen molar-refractivity contribution in [1.82, 2.24) is 0 Å². The van der Waals surface area contributed by atoms with Crippen LogP contribution in [0.3, 0.4) is 0 Å². The second-order valence-corrected chi connectivity index (χ2v) is 6.34. The van der Waals surface area contributed by atoms with Crippen molar-refractivity contribution in [2.24, 2.45) is 0 Å². The van der Waals surface area contributed by atoms with Crippen LogP contribution in [0.4, 0.5) is 0 Å². The van der Waals surface area contributed by atoms with Crippen molar-refractivity contribution in [3.05, 3.63) is 44.1 Å². The zero-order chi connectivity index (χ0) is 13.4. The number of hydrogen-bond donors (Lipinski definition) is 0. The minimum atomic E-state index is -0.544. The summed E-state index contributed by atoms with van der Waals surface area (Å²) in [6, 6.07) is 3.40. The Bertz CT molecular complexity index is 477. The van der Waals surface area contributed by atoms with Gasteiger partial charge in [0, 0.05) is 11.1 Å². The molecule has 0 aliphatic heterocycles. The molecule has 0 saturated carbocycles. The van der Waals surface area contributed by atoms with Gasteiger partial charge in [0.15, 0.2) is 0 Å². The van der Waals surface area contributed by atoms with Gasteiger partial charge in [-0.1, -0.05) is 53.7 Å². The predicted octanol–water partition coefficient (Wildman–Crippen LogP) is 2.60. The summed E-state index contributed by atoms with van der Waals surface area (Å²) in [4.78, 5) is 23.6. The van der Waals surface area contributed by atoms with Crippen molar-refractivity contribution in [2.75, 3.05) is 0 Å². The molecule has 0 bridgehead atoms. The molecular formula is C14H20O3. The molecule has 0 N–H and O–H groups in total. The minimum absolute atomic E-state index is 0.332. The van der Waals surface area contributed by atoms with E-state index in [4.69, 9.17) is 4.42 Å². The van der Waals surface area contributed by atoms with Gasteiger partial charge in [0.05, 0.1) is 0 Å². The van der Waals surface area contributed by atoms with Crippen molar-refractivity contribution in [2.45, 2.75) is 52.4 Å². The molecule has 3 heteroatoms. The Labute approximate surface area is 101 Å². The predicted molar refractivity (Wildman–Crippen MR) is 68.6 cm³/mol. The van der Waals surface area contributed by atoms with E-state index < -0.39 is 11.3 Å². The first-order valence-corrected chi connectivity index (χ1v) is 5.73. The molecular weight excluding hydrogens is 216 g/mol. The Balaban J connectivity index is 3.65. The third kappa shape index (κ3) is 3.05. The van der Waals surface area contributed by atoms with Gasteiger partial charge in [-0.3, -0.25) is 0 Å². The second-order valence-electron chi connectivity index (χ2n) is 6.34. The van der Waals surface area contributed by atoms with Crippen LogP contribution in [-0.4, -0.2) is 0 Å². The second kappa shape index (κ2) is 4.13. The molecule has 0 aromatic carbocycles. The van der Waals surface area contributed by atoms with Crippen LogP contribution in [0.5, 0.6) is 0 Å². The SMILES string of the molecule is CC(C)(C)c1ccc(C(C)(C)C)c(=O)oc1=O. The Morgan fingerprint density at radius 3 is 1.29 bits per heavy atom. The first-order chi connectivity index (χ1) is 7.53. The largest absolute Gasteiger partial charge is 0.386 e. The van der Waals surface area contributed by atoms with Gasteiger partial charge in [-0.05, 0) is 10.8 Å². The zero-order valence-corrected chi connectivity index (χ0v) is 11.4. The molecule has 0 aliphatic carbocycles. The van der Waals surface area contributed by atoms with E-state index in [1.54, 1.807) is 12.1 Å². The maximum atomic E-state index is 11.8. The summed E-state index contributed by atoms with van der Waals surface area (Å²) in [6.45, 7) is 11.5. The fourth-order valence-electron chi connectivity index (χ4n) is 1.61. The van der Waals surface area contributed by atoms with E-state index in [-0.39, 0.29) is 10.8 Å². The quantitative estimate of drug-likeness (QED) is 0.695. The molecule has 0 radical (unpaired) electrons. The van der Waals surface area contributed by atoms with E-state index >= 15 is 0 Å². The molecule has 94 valence electrons. The van der Waals surface area contributed by atoms with Crippen LogP contribution in [0.1, 0.15) is 52.7 Å². The molecule has 1 rings (SSSR count). The molecule has 3 nitrogen and oxygen atoms in total. The average Bonchev–Trinajstić information content (AvgIpc) is 2.20. The van der Waals surface area contributed by atoms with Gasteiger partial charge >= 0.3 is 11.3 Å². The molecule has 0 saturated heterocycles. The standard InChI is InChI=1S/C14H20O3/c1-13(2,3)9-7-8-10(14(4,5)6)12(16)17-11(9)15/h7-8H,1-6H3. The van der Waals surface area contributed by atoms with Crippen LogP contribution < -0.4 is 11.3 Å². The maximum Gasteiger partial charge on any atom is 0.342 e. The van der Waals surface area contributed by atoms with Crippen molar-refractivity contribution < 1.29 is 4.42 Å². The monoisotopic (exact) mass is 236 g/mol. The molecule has 0 aliphatic rings. The van der Waals surface area contributed by atoms with Gasteiger partial charge in [0.2, 0.25) is 0 Å². The summed E-state index contributed by atoms with van der Waals surface area (Å²) in [6.07, 6.45) is 0. The van der Waals surface area contributed by atoms with Crippen LogP contribution in [0.25, 0.3) is 0 Å². The van der Waals surface area contributed by atoms with Gasteiger partial charge < -0.3 is 4.42 Å². The summed E-state index contributed by atoms with van der Waals surface area (Å²) in [5.41, 5.74) is -0.714. The molecule has 1 aromatic heterocycles. The Kier molecular flexibility index (Phi) is 3.33. The van der Waals surface area contributed by atoms with Gasteiger partial charge in [-0.2, -0.15) is 0 Å². The summed E-state index contributed by atoms with van der Waals surface area (Å²) >= 11 is 0.